The summed E-state index contributed by atoms with van der Waals surface area (Å²) in [5.41, 5.74) is 1.03. The Labute approximate surface area is 159 Å². The lowest BCUT2D eigenvalue weighted by Gasteiger charge is -2.35. The largest absolute Gasteiger partial charge is 0.478 e. The zero-order valence-corrected chi connectivity index (χ0v) is 14.6. The molecular weight excluding hydrogens is 373 g/mol. The highest BCUT2D eigenvalue weighted by Gasteiger charge is 2.49. The molecule has 0 spiro atoms. The van der Waals surface area contributed by atoms with Crippen LogP contribution >= 0.6 is 0 Å². The first-order valence-electron chi connectivity index (χ1n) is 8.43. The maximum atomic E-state index is 13.5. The smallest absolute Gasteiger partial charge is 0.427 e. The molecule has 0 aromatic heterocycles. The highest BCUT2D eigenvalue weighted by Crippen LogP contribution is 2.35. The van der Waals surface area contributed by atoms with Crippen LogP contribution in [0.3, 0.4) is 0 Å². The van der Waals surface area contributed by atoms with Crippen LogP contribution in [0.5, 0.6) is 5.75 Å². The normalized spacial score (nSPS) is 18.4. The van der Waals surface area contributed by atoms with Gasteiger partial charge in [-0.15, -0.1) is 0 Å². The summed E-state index contributed by atoms with van der Waals surface area (Å²) in [5, 5.41) is 4.91. The van der Waals surface area contributed by atoms with E-state index in [2.05, 4.69) is 17.2 Å². The molecule has 0 radical (unpaired) electrons. The van der Waals surface area contributed by atoms with E-state index in [4.69, 9.17) is 4.74 Å². The summed E-state index contributed by atoms with van der Waals surface area (Å²) in [6.45, 7) is 3.33. The summed E-state index contributed by atoms with van der Waals surface area (Å²) >= 11 is 0. The summed E-state index contributed by atoms with van der Waals surface area (Å²) < 4.78 is 45.5. The van der Waals surface area contributed by atoms with Crippen molar-refractivity contribution < 1.29 is 27.5 Å². The molecule has 2 aromatic rings. The zero-order valence-electron chi connectivity index (χ0n) is 14.6. The van der Waals surface area contributed by atoms with Crippen LogP contribution in [0.4, 0.5) is 18.9 Å². The van der Waals surface area contributed by atoms with Crippen LogP contribution in [0.1, 0.15) is 15.9 Å². The number of anilines is 1. The van der Waals surface area contributed by atoms with Gasteiger partial charge >= 0.3 is 6.18 Å². The van der Waals surface area contributed by atoms with Crippen LogP contribution in [0.15, 0.2) is 61.2 Å². The Morgan fingerprint density at radius 1 is 1.14 bits per heavy atom. The van der Waals surface area contributed by atoms with E-state index < -0.39 is 30.1 Å². The average Bonchev–Trinajstić information content (AvgIpc) is 2.66. The second kappa shape index (κ2) is 7.75. The number of carbonyl (C=O) groups excluding carboxylic acids is 2. The van der Waals surface area contributed by atoms with E-state index in [-0.39, 0.29) is 17.7 Å². The third-order valence-electron chi connectivity index (χ3n) is 4.25. The van der Waals surface area contributed by atoms with Crippen LogP contribution in [0.2, 0.25) is 0 Å². The average molecular weight is 390 g/mol. The molecular formula is C20H17F3N2O3. The minimum Gasteiger partial charge on any atom is -0.478 e. The molecule has 2 aromatic carbocycles. The standard InChI is InChI=1S/C20H17F3N2O3/c1-2-17(26)24-14-8-5-7-13(10-14)19(27)25-15-11-12-6-3-4-9-16(12)28-18(15)20(21,22)23/h2-10,15,18H,1,11H2,(H,24,26)(H,25,27)/t15-,18-/m1/s1. The molecule has 1 aliphatic rings. The van der Waals surface area contributed by atoms with Crippen LogP contribution < -0.4 is 15.4 Å². The van der Waals surface area contributed by atoms with E-state index >= 15 is 0 Å². The molecule has 0 fully saturated rings. The first-order valence-corrected chi connectivity index (χ1v) is 8.43. The van der Waals surface area contributed by atoms with Crippen LogP contribution in [-0.4, -0.2) is 30.1 Å². The van der Waals surface area contributed by atoms with Crippen LogP contribution in [0, 0.1) is 0 Å². The molecule has 2 atom stereocenters. The van der Waals surface area contributed by atoms with E-state index in [0.29, 0.717) is 11.3 Å². The van der Waals surface area contributed by atoms with Crippen LogP contribution in [-0.2, 0) is 11.2 Å². The molecule has 0 bridgehead atoms. The molecule has 0 saturated carbocycles. The number of nitrogens with one attached hydrogen (secondary N) is 2. The van der Waals surface area contributed by atoms with Gasteiger partial charge in [-0.05, 0) is 35.9 Å². The third-order valence-corrected chi connectivity index (χ3v) is 4.25. The van der Waals surface area contributed by atoms with Crippen molar-refractivity contribution in [1.82, 2.24) is 5.32 Å². The van der Waals surface area contributed by atoms with Gasteiger partial charge in [-0.1, -0.05) is 30.8 Å². The Morgan fingerprint density at radius 2 is 1.89 bits per heavy atom. The quantitative estimate of drug-likeness (QED) is 0.786. The summed E-state index contributed by atoms with van der Waals surface area (Å²) in [4.78, 5) is 23.9. The SMILES string of the molecule is C=CC(=O)Nc1cccc(C(=O)N[C@@H]2Cc3ccccc3O[C@H]2C(F)(F)F)c1. The number of para-hydroxylation sites is 1. The number of halogens is 3. The van der Waals surface area contributed by atoms with Gasteiger partial charge in [0.15, 0.2) is 0 Å². The van der Waals surface area contributed by atoms with Gasteiger partial charge in [0.2, 0.25) is 12.0 Å². The number of ether oxygens (including phenoxy) is 1. The van der Waals surface area contributed by atoms with Crippen molar-refractivity contribution >= 4 is 17.5 Å². The van der Waals surface area contributed by atoms with Crippen LogP contribution in [0.25, 0.3) is 0 Å². The molecule has 5 nitrogen and oxygen atoms in total. The van der Waals surface area contributed by atoms with Crippen molar-refractivity contribution in [3.8, 4) is 5.75 Å². The Kier molecular flexibility index (Phi) is 5.39. The fourth-order valence-corrected chi connectivity index (χ4v) is 2.96. The van der Waals surface area contributed by atoms with E-state index in [1.54, 1.807) is 24.3 Å². The molecule has 3 rings (SSSR count). The van der Waals surface area contributed by atoms with Gasteiger partial charge in [0.25, 0.3) is 5.91 Å². The van der Waals surface area contributed by atoms with Gasteiger partial charge in [0, 0.05) is 17.7 Å². The van der Waals surface area contributed by atoms with Gasteiger partial charge in [0.05, 0.1) is 6.04 Å². The lowest BCUT2D eigenvalue weighted by molar-refractivity contribution is -0.205. The summed E-state index contributed by atoms with van der Waals surface area (Å²) in [7, 11) is 0. The predicted octanol–water partition coefficient (Wildman–Crippen LogP) is 3.48. The number of hydrogen-bond donors (Lipinski definition) is 2. The molecule has 8 heteroatoms. The van der Waals surface area contributed by atoms with Crippen molar-refractivity contribution in [1.29, 1.82) is 0 Å². The molecule has 0 unspecified atom stereocenters. The number of hydrogen-bond acceptors (Lipinski definition) is 3. The topological polar surface area (TPSA) is 67.4 Å². The zero-order chi connectivity index (χ0) is 20.3. The van der Waals surface area contributed by atoms with E-state index in [9.17, 15) is 22.8 Å². The molecule has 2 N–H and O–H groups in total. The summed E-state index contributed by atoms with van der Waals surface area (Å²) in [6, 6.07) is 11.0. The van der Waals surface area contributed by atoms with Crippen molar-refractivity contribution in [3.05, 3.63) is 72.3 Å². The maximum absolute atomic E-state index is 13.5. The van der Waals surface area contributed by atoms with Gasteiger partial charge < -0.3 is 15.4 Å². The Balaban J connectivity index is 1.81. The number of alkyl halides is 3. The lowest BCUT2D eigenvalue weighted by atomic mass is 9.96. The van der Waals surface area contributed by atoms with Gasteiger partial charge in [0.1, 0.15) is 5.75 Å². The highest BCUT2D eigenvalue weighted by atomic mass is 19.4. The van der Waals surface area contributed by atoms with Crippen molar-refractivity contribution in [2.45, 2.75) is 24.7 Å². The molecule has 28 heavy (non-hydrogen) atoms. The second-order valence-electron chi connectivity index (χ2n) is 6.25. The summed E-state index contributed by atoms with van der Waals surface area (Å²) in [6.07, 6.45) is -5.75. The van der Waals surface area contributed by atoms with Gasteiger partial charge in [-0.25, -0.2) is 0 Å². The van der Waals surface area contributed by atoms with E-state index in [1.807, 2.05) is 0 Å². The Bertz CT molecular complexity index is 912. The van der Waals surface area contributed by atoms with E-state index in [0.717, 1.165) is 6.08 Å². The van der Waals surface area contributed by atoms with Gasteiger partial charge in [-0.3, -0.25) is 9.59 Å². The first kappa shape index (κ1) is 19.5. The first-order chi connectivity index (χ1) is 13.3. The molecule has 1 aliphatic heterocycles. The van der Waals surface area contributed by atoms with Gasteiger partial charge in [-0.2, -0.15) is 13.2 Å². The fraction of sp³-hybridized carbons (Fsp3) is 0.200. The maximum Gasteiger partial charge on any atom is 0.427 e. The number of rotatable bonds is 4. The Morgan fingerprint density at radius 3 is 2.61 bits per heavy atom. The van der Waals surface area contributed by atoms with E-state index in [1.165, 1.54) is 24.3 Å². The molecule has 146 valence electrons. The highest BCUT2D eigenvalue weighted by molar-refractivity contribution is 6.00. The number of benzene rings is 2. The Hall–Kier alpha value is -3.29. The lowest BCUT2D eigenvalue weighted by Crippen LogP contribution is -2.55. The molecule has 0 saturated heterocycles. The fourth-order valence-electron chi connectivity index (χ4n) is 2.96. The van der Waals surface area contributed by atoms with Crippen molar-refractivity contribution in [2.24, 2.45) is 0 Å². The monoisotopic (exact) mass is 390 g/mol. The van der Waals surface area contributed by atoms with Crippen molar-refractivity contribution in [3.63, 3.8) is 0 Å². The predicted molar refractivity (Wildman–Crippen MR) is 97.1 cm³/mol. The second-order valence-corrected chi connectivity index (χ2v) is 6.25. The number of fused-ring (bicyclic) bond motifs is 1. The summed E-state index contributed by atoms with van der Waals surface area (Å²) in [5.74, 6) is -1.01. The van der Waals surface area contributed by atoms with Crippen molar-refractivity contribution in [2.75, 3.05) is 5.32 Å². The third kappa shape index (κ3) is 4.33. The molecule has 1 heterocycles. The minimum atomic E-state index is -4.65. The number of amides is 2. The minimum absolute atomic E-state index is 0.0149. The molecule has 2 amide bonds. The number of carbonyl (C=O) groups is 2. The molecule has 0 aliphatic carbocycles.